The lowest BCUT2D eigenvalue weighted by molar-refractivity contribution is 0.0899. The number of aromatic nitrogens is 1. The molecule has 2 aromatic heterocycles. The van der Waals surface area contributed by atoms with Gasteiger partial charge in [-0.1, -0.05) is 30.3 Å². The van der Waals surface area contributed by atoms with E-state index in [4.69, 9.17) is 4.42 Å². The van der Waals surface area contributed by atoms with E-state index in [9.17, 15) is 10.1 Å². The molecular formula is C23H24N4O2. The molecule has 0 radical (unpaired) electrons. The Morgan fingerprint density at radius 2 is 2.00 bits per heavy atom. The summed E-state index contributed by atoms with van der Waals surface area (Å²) in [6.45, 7) is 4.42. The lowest BCUT2D eigenvalue weighted by Crippen LogP contribution is -2.47. The zero-order valence-electron chi connectivity index (χ0n) is 16.5. The molecule has 1 aliphatic rings. The fourth-order valence-corrected chi connectivity index (χ4v) is 3.98. The van der Waals surface area contributed by atoms with Crippen molar-refractivity contribution < 1.29 is 9.21 Å². The monoisotopic (exact) mass is 388 g/mol. The van der Waals surface area contributed by atoms with E-state index in [2.05, 4.69) is 28.4 Å². The summed E-state index contributed by atoms with van der Waals surface area (Å²) < 4.78 is 7.47. The summed E-state index contributed by atoms with van der Waals surface area (Å²) in [5.74, 6) is 0.599. The maximum absolute atomic E-state index is 13.0. The first-order chi connectivity index (χ1) is 14.2. The van der Waals surface area contributed by atoms with Crippen molar-refractivity contribution in [2.24, 2.45) is 0 Å². The molecule has 1 unspecified atom stereocenters. The molecule has 3 heterocycles. The average Bonchev–Trinajstić information content (AvgIpc) is 3.36. The van der Waals surface area contributed by atoms with Gasteiger partial charge in [0.25, 0.3) is 5.91 Å². The van der Waals surface area contributed by atoms with E-state index >= 15 is 0 Å². The van der Waals surface area contributed by atoms with Crippen LogP contribution in [0.15, 0.2) is 59.3 Å². The molecular weight excluding hydrogens is 364 g/mol. The number of nitrogens with zero attached hydrogens (tertiary/aromatic N) is 3. The lowest BCUT2D eigenvalue weighted by Gasteiger charge is -2.33. The van der Waals surface area contributed by atoms with Crippen molar-refractivity contribution in [1.29, 1.82) is 5.26 Å². The van der Waals surface area contributed by atoms with Crippen LogP contribution >= 0.6 is 0 Å². The number of nitrogens with one attached hydrogen (secondary N) is 1. The minimum absolute atomic E-state index is 0.0517. The van der Waals surface area contributed by atoms with Crippen molar-refractivity contribution in [3.8, 4) is 12.0 Å². The van der Waals surface area contributed by atoms with Gasteiger partial charge >= 0.3 is 0 Å². The molecule has 1 atom stereocenters. The van der Waals surface area contributed by atoms with Crippen LogP contribution in [0, 0.1) is 18.3 Å². The topological polar surface area (TPSA) is 74.2 Å². The molecule has 6 heteroatoms. The number of piperidine rings is 1. The molecule has 3 aromatic rings. The second-order valence-electron chi connectivity index (χ2n) is 7.45. The van der Waals surface area contributed by atoms with Gasteiger partial charge in [-0.3, -0.25) is 14.3 Å². The summed E-state index contributed by atoms with van der Waals surface area (Å²) >= 11 is 0. The van der Waals surface area contributed by atoms with Crippen LogP contribution in [0.25, 0.3) is 5.88 Å². The molecule has 1 saturated heterocycles. The van der Waals surface area contributed by atoms with Crippen molar-refractivity contribution in [2.45, 2.75) is 32.4 Å². The minimum atomic E-state index is -0.243. The van der Waals surface area contributed by atoms with Gasteiger partial charge in [-0.25, -0.2) is 0 Å². The molecule has 4 rings (SSSR count). The van der Waals surface area contributed by atoms with Crippen LogP contribution in [-0.2, 0) is 6.54 Å². The Balaban J connectivity index is 1.47. The van der Waals surface area contributed by atoms with E-state index in [1.54, 1.807) is 23.9 Å². The normalized spacial score (nSPS) is 17.0. The van der Waals surface area contributed by atoms with Crippen molar-refractivity contribution >= 4 is 5.91 Å². The Labute approximate surface area is 170 Å². The molecule has 0 bridgehead atoms. The van der Waals surface area contributed by atoms with Crippen LogP contribution in [0.4, 0.5) is 0 Å². The van der Waals surface area contributed by atoms with E-state index in [1.807, 2.05) is 30.3 Å². The Bertz CT molecular complexity index is 1020. The number of nitriles is 1. The highest BCUT2D eigenvalue weighted by Gasteiger charge is 2.28. The van der Waals surface area contributed by atoms with Crippen LogP contribution < -0.4 is 5.32 Å². The Morgan fingerprint density at radius 3 is 2.72 bits per heavy atom. The summed E-state index contributed by atoms with van der Waals surface area (Å²) in [7, 11) is 0. The smallest absolute Gasteiger partial charge is 0.256 e. The summed E-state index contributed by atoms with van der Waals surface area (Å²) in [4.78, 5) is 15.4. The SMILES string of the molecule is Cc1oc(-n2cccc2)c(C#N)c1C(=O)NC1CCCN(Cc2ccccc2)C1. The predicted octanol–water partition coefficient (Wildman–Crippen LogP) is 3.64. The van der Waals surface area contributed by atoms with Crippen LogP contribution in [0.2, 0.25) is 0 Å². The summed E-state index contributed by atoms with van der Waals surface area (Å²) in [5.41, 5.74) is 1.87. The molecule has 1 amide bonds. The third-order valence-corrected chi connectivity index (χ3v) is 5.33. The zero-order chi connectivity index (χ0) is 20.2. The minimum Gasteiger partial charge on any atom is -0.443 e. The number of carbonyl (C=O) groups excluding carboxylic acids is 1. The number of amides is 1. The highest BCUT2D eigenvalue weighted by molar-refractivity contribution is 5.98. The number of aryl methyl sites for hydroxylation is 1. The standard InChI is InChI=1S/C23H24N4O2/c1-17-21(20(14-24)23(29-17)27-12-5-6-13-27)22(28)25-19-10-7-11-26(16-19)15-18-8-3-2-4-9-18/h2-6,8-9,12-13,19H,7,10-11,15-16H2,1H3,(H,25,28). The van der Waals surface area contributed by atoms with Gasteiger partial charge in [-0.2, -0.15) is 5.26 Å². The van der Waals surface area contributed by atoms with E-state index in [-0.39, 0.29) is 17.5 Å². The highest BCUT2D eigenvalue weighted by atomic mass is 16.4. The predicted molar refractivity (Wildman–Crippen MR) is 110 cm³/mol. The summed E-state index contributed by atoms with van der Waals surface area (Å²) in [6.07, 6.45) is 5.55. The number of furan rings is 1. The van der Waals surface area contributed by atoms with Crippen molar-refractivity contribution in [1.82, 2.24) is 14.8 Å². The van der Waals surface area contributed by atoms with E-state index in [0.717, 1.165) is 32.5 Å². The first-order valence-corrected chi connectivity index (χ1v) is 9.89. The number of carbonyl (C=O) groups is 1. The maximum Gasteiger partial charge on any atom is 0.256 e. The Morgan fingerprint density at radius 1 is 1.24 bits per heavy atom. The Kier molecular flexibility index (Phi) is 5.50. The largest absolute Gasteiger partial charge is 0.443 e. The van der Waals surface area contributed by atoms with Gasteiger partial charge in [0.15, 0.2) is 0 Å². The quantitative estimate of drug-likeness (QED) is 0.724. The average molecular weight is 388 g/mol. The molecule has 1 aliphatic heterocycles. The third kappa shape index (κ3) is 4.10. The second kappa shape index (κ2) is 8.38. The number of benzene rings is 1. The van der Waals surface area contributed by atoms with E-state index < -0.39 is 0 Å². The van der Waals surface area contributed by atoms with Gasteiger partial charge in [0.2, 0.25) is 5.88 Å². The van der Waals surface area contributed by atoms with Crippen LogP contribution in [0.1, 0.15) is 40.1 Å². The molecule has 1 aromatic carbocycles. The maximum atomic E-state index is 13.0. The van der Waals surface area contributed by atoms with Crippen LogP contribution in [-0.4, -0.2) is 34.5 Å². The lowest BCUT2D eigenvalue weighted by atomic mass is 10.0. The van der Waals surface area contributed by atoms with Gasteiger partial charge in [0, 0.05) is 31.5 Å². The molecule has 29 heavy (non-hydrogen) atoms. The molecule has 1 fully saturated rings. The van der Waals surface area contributed by atoms with Crippen molar-refractivity contribution in [2.75, 3.05) is 13.1 Å². The molecule has 6 nitrogen and oxygen atoms in total. The first kappa shape index (κ1) is 19.0. The fourth-order valence-electron chi connectivity index (χ4n) is 3.98. The first-order valence-electron chi connectivity index (χ1n) is 9.89. The van der Waals surface area contributed by atoms with Crippen molar-refractivity contribution in [3.63, 3.8) is 0 Å². The molecule has 0 saturated carbocycles. The molecule has 0 aliphatic carbocycles. The van der Waals surface area contributed by atoms with Gasteiger partial charge in [0.1, 0.15) is 23.0 Å². The van der Waals surface area contributed by atoms with Gasteiger partial charge < -0.3 is 9.73 Å². The van der Waals surface area contributed by atoms with E-state index in [1.165, 1.54) is 5.56 Å². The highest BCUT2D eigenvalue weighted by Crippen LogP contribution is 2.26. The van der Waals surface area contributed by atoms with Crippen molar-refractivity contribution in [3.05, 3.63) is 77.3 Å². The second-order valence-corrected chi connectivity index (χ2v) is 7.45. The third-order valence-electron chi connectivity index (χ3n) is 5.33. The van der Waals surface area contributed by atoms with Gasteiger partial charge in [0.05, 0.1) is 0 Å². The fraction of sp³-hybridized carbons (Fsp3) is 0.304. The number of rotatable bonds is 5. The zero-order valence-corrected chi connectivity index (χ0v) is 16.5. The van der Waals surface area contributed by atoms with E-state index in [0.29, 0.717) is 17.2 Å². The van der Waals surface area contributed by atoms with Crippen LogP contribution in [0.5, 0.6) is 0 Å². The number of likely N-dealkylation sites (tertiary alicyclic amines) is 1. The molecule has 148 valence electrons. The van der Waals surface area contributed by atoms with Crippen LogP contribution in [0.3, 0.4) is 0 Å². The van der Waals surface area contributed by atoms with Gasteiger partial charge in [-0.15, -0.1) is 0 Å². The van der Waals surface area contributed by atoms with Gasteiger partial charge in [-0.05, 0) is 44.0 Å². The molecule has 1 N–H and O–H groups in total. The number of hydrogen-bond donors (Lipinski definition) is 1. The number of hydrogen-bond acceptors (Lipinski definition) is 4. The summed E-state index contributed by atoms with van der Waals surface area (Å²) in [5, 5.41) is 12.8. The molecule has 0 spiro atoms. The summed E-state index contributed by atoms with van der Waals surface area (Å²) in [6, 6.07) is 16.3. The Hall–Kier alpha value is -3.30.